The highest BCUT2D eigenvalue weighted by atomic mass is 35.5. The summed E-state index contributed by atoms with van der Waals surface area (Å²) in [6.45, 7) is 6.69. The van der Waals surface area contributed by atoms with Gasteiger partial charge < -0.3 is 9.88 Å². The lowest BCUT2D eigenvalue weighted by Gasteiger charge is -2.15. The molecule has 1 saturated heterocycles. The highest BCUT2D eigenvalue weighted by molar-refractivity contribution is 6.30. The molecule has 26 heavy (non-hydrogen) atoms. The number of imide groups is 1. The van der Waals surface area contributed by atoms with Crippen LogP contribution in [-0.4, -0.2) is 39.3 Å². The number of amides is 3. The van der Waals surface area contributed by atoms with E-state index >= 15 is 0 Å². The number of nitrogens with one attached hydrogen (secondary N) is 1. The number of aromatic nitrogens is 1. The van der Waals surface area contributed by atoms with Gasteiger partial charge in [0.1, 0.15) is 5.54 Å². The number of carbonyl (C=O) groups excluding carboxylic acids is 3. The number of hydrogen-bond acceptors (Lipinski definition) is 3. The zero-order valence-corrected chi connectivity index (χ0v) is 15.8. The molecule has 6 nitrogen and oxygen atoms in total. The minimum absolute atomic E-state index is 0.278. The highest BCUT2D eigenvalue weighted by Crippen LogP contribution is 2.24. The predicted octanol–water partition coefficient (Wildman–Crippen LogP) is 3.26. The van der Waals surface area contributed by atoms with Gasteiger partial charge in [0, 0.05) is 27.7 Å². The smallest absolute Gasteiger partial charge is 0.324 e. The zero-order valence-electron chi connectivity index (χ0n) is 15.1. The van der Waals surface area contributed by atoms with Gasteiger partial charge in [0.05, 0.1) is 6.54 Å². The van der Waals surface area contributed by atoms with Crippen LogP contribution >= 0.6 is 11.6 Å². The number of carbonyl (C=O) groups is 3. The minimum Gasteiger partial charge on any atom is -0.324 e. The van der Waals surface area contributed by atoms with Crippen LogP contribution in [0, 0.1) is 13.8 Å². The summed E-state index contributed by atoms with van der Waals surface area (Å²) in [5.74, 6) is -0.679. The first kappa shape index (κ1) is 18.2. The Labute approximate surface area is 156 Å². The van der Waals surface area contributed by atoms with E-state index in [1.807, 2.05) is 30.5 Å². The number of Topliss-reactive ketones (excluding diaryl/α,β-unsaturated/α-hetero) is 1. The van der Waals surface area contributed by atoms with Crippen molar-refractivity contribution in [3.05, 3.63) is 52.3 Å². The fourth-order valence-electron chi connectivity index (χ4n) is 3.22. The van der Waals surface area contributed by atoms with Crippen LogP contribution in [0.15, 0.2) is 30.3 Å². The van der Waals surface area contributed by atoms with E-state index in [0.29, 0.717) is 10.6 Å². The first-order valence-electron chi connectivity index (χ1n) is 8.24. The maximum atomic E-state index is 12.8. The number of ketones is 1. The van der Waals surface area contributed by atoms with Crippen molar-refractivity contribution in [1.29, 1.82) is 0 Å². The number of hydrogen-bond donors (Lipinski definition) is 1. The van der Waals surface area contributed by atoms with Crippen molar-refractivity contribution in [2.45, 2.75) is 33.2 Å². The third-order valence-corrected chi connectivity index (χ3v) is 4.81. The molecule has 0 atom stereocenters. The Bertz CT molecular complexity index is 913. The molecule has 136 valence electrons. The molecule has 0 saturated carbocycles. The molecule has 7 heteroatoms. The highest BCUT2D eigenvalue weighted by Gasteiger charge is 2.45. The van der Waals surface area contributed by atoms with E-state index < -0.39 is 17.5 Å². The summed E-state index contributed by atoms with van der Waals surface area (Å²) in [5.41, 5.74) is 2.02. The van der Waals surface area contributed by atoms with Crippen LogP contribution in [0.5, 0.6) is 0 Å². The molecule has 0 bridgehead atoms. The third kappa shape index (κ3) is 3.01. The molecule has 1 aromatic carbocycles. The topological polar surface area (TPSA) is 71.4 Å². The van der Waals surface area contributed by atoms with Crippen LogP contribution < -0.4 is 5.32 Å². The van der Waals surface area contributed by atoms with E-state index in [9.17, 15) is 14.4 Å². The summed E-state index contributed by atoms with van der Waals surface area (Å²) in [7, 11) is 0. The van der Waals surface area contributed by atoms with Gasteiger partial charge in [-0.1, -0.05) is 11.6 Å². The standard InChI is InChI=1S/C19H20ClN3O3/c1-11-9-15(12(2)23(11)14-7-5-13(20)6-8-14)16(24)10-22-17(25)19(3,4)21-18(22)26/h5-9H,10H2,1-4H3,(H,21,26). The predicted molar refractivity (Wildman–Crippen MR) is 98.9 cm³/mol. The normalized spacial score (nSPS) is 16.1. The van der Waals surface area contributed by atoms with Gasteiger partial charge in [-0.05, 0) is 58.0 Å². The van der Waals surface area contributed by atoms with Crippen LogP contribution in [0.25, 0.3) is 5.69 Å². The van der Waals surface area contributed by atoms with E-state index in [0.717, 1.165) is 22.0 Å². The summed E-state index contributed by atoms with van der Waals surface area (Å²) in [6, 6.07) is 8.54. The minimum atomic E-state index is -0.989. The molecule has 1 N–H and O–H groups in total. The molecule has 1 fully saturated rings. The number of urea groups is 1. The zero-order chi connectivity index (χ0) is 19.2. The maximum absolute atomic E-state index is 12.8. The van der Waals surface area contributed by atoms with Gasteiger partial charge in [0.25, 0.3) is 5.91 Å². The van der Waals surface area contributed by atoms with Gasteiger partial charge in [0.2, 0.25) is 0 Å². The Morgan fingerprint density at radius 2 is 1.77 bits per heavy atom. The van der Waals surface area contributed by atoms with Gasteiger partial charge in [-0.25, -0.2) is 4.79 Å². The largest absolute Gasteiger partial charge is 0.325 e. The summed E-state index contributed by atoms with van der Waals surface area (Å²) >= 11 is 5.94. The molecule has 1 aliphatic rings. The molecule has 0 spiro atoms. The molecule has 3 rings (SSSR count). The Morgan fingerprint density at radius 3 is 2.31 bits per heavy atom. The molecule has 2 heterocycles. The Hall–Kier alpha value is -2.60. The summed E-state index contributed by atoms with van der Waals surface area (Å²) in [6.07, 6.45) is 0. The second kappa shape index (κ2) is 6.29. The van der Waals surface area contributed by atoms with Gasteiger partial charge in [-0.15, -0.1) is 0 Å². The molecular formula is C19H20ClN3O3. The first-order chi connectivity index (χ1) is 12.1. The quantitative estimate of drug-likeness (QED) is 0.660. The third-order valence-electron chi connectivity index (χ3n) is 4.56. The van der Waals surface area contributed by atoms with E-state index in [2.05, 4.69) is 5.32 Å². The van der Waals surface area contributed by atoms with E-state index in [1.165, 1.54) is 0 Å². The average Bonchev–Trinajstić information content (AvgIpc) is 2.96. The molecule has 0 unspecified atom stereocenters. The monoisotopic (exact) mass is 373 g/mol. The molecule has 0 aliphatic carbocycles. The van der Waals surface area contributed by atoms with E-state index in [4.69, 9.17) is 11.6 Å². The summed E-state index contributed by atoms with van der Waals surface area (Å²) in [4.78, 5) is 38.0. The van der Waals surface area contributed by atoms with Crippen LogP contribution in [0.2, 0.25) is 5.02 Å². The Morgan fingerprint density at radius 1 is 1.15 bits per heavy atom. The molecule has 2 aromatic rings. The second-order valence-electron chi connectivity index (χ2n) is 6.97. The van der Waals surface area contributed by atoms with Crippen LogP contribution in [0.3, 0.4) is 0 Å². The molecular weight excluding hydrogens is 354 g/mol. The summed E-state index contributed by atoms with van der Waals surface area (Å²) in [5, 5.41) is 3.21. The molecule has 1 aliphatic heterocycles. The van der Waals surface area contributed by atoms with Crippen molar-refractivity contribution in [2.75, 3.05) is 6.54 Å². The number of aryl methyl sites for hydroxylation is 1. The maximum Gasteiger partial charge on any atom is 0.325 e. The lowest BCUT2D eigenvalue weighted by atomic mass is 10.1. The lowest BCUT2D eigenvalue weighted by Crippen LogP contribution is -2.41. The van der Waals surface area contributed by atoms with Crippen molar-refractivity contribution in [3.8, 4) is 5.69 Å². The Kier molecular flexibility index (Phi) is 4.40. The van der Waals surface area contributed by atoms with E-state index in [-0.39, 0.29) is 12.3 Å². The fraction of sp³-hybridized carbons (Fsp3) is 0.316. The van der Waals surface area contributed by atoms with Crippen molar-refractivity contribution in [1.82, 2.24) is 14.8 Å². The average molecular weight is 374 g/mol. The van der Waals surface area contributed by atoms with Crippen molar-refractivity contribution in [2.24, 2.45) is 0 Å². The number of benzene rings is 1. The van der Waals surface area contributed by atoms with Crippen molar-refractivity contribution in [3.63, 3.8) is 0 Å². The first-order valence-corrected chi connectivity index (χ1v) is 8.62. The van der Waals surface area contributed by atoms with Crippen molar-refractivity contribution < 1.29 is 14.4 Å². The number of nitrogens with zero attached hydrogens (tertiary/aromatic N) is 2. The van der Waals surface area contributed by atoms with Crippen LogP contribution in [-0.2, 0) is 4.79 Å². The SMILES string of the molecule is Cc1cc(C(=O)CN2C(=O)NC(C)(C)C2=O)c(C)n1-c1ccc(Cl)cc1. The number of halogens is 1. The van der Waals surface area contributed by atoms with E-state index in [1.54, 1.807) is 32.0 Å². The van der Waals surface area contributed by atoms with Gasteiger partial charge in [0.15, 0.2) is 5.78 Å². The molecule has 1 aromatic heterocycles. The number of rotatable bonds is 4. The Balaban J connectivity index is 1.90. The van der Waals surface area contributed by atoms with Gasteiger partial charge in [-0.3, -0.25) is 14.5 Å². The fourth-order valence-corrected chi connectivity index (χ4v) is 3.35. The molecule has 0 radical (unpaired) electrons. The van der Waals surface area contributed by atoms with Gasteiger partial charge in [-0.2, -0.15) is 0 Å². The second-order valence-corrected chi connectivity index (χ2v) is 7.40. The van der Waals surface area contributed by atoms with Crippen LogP contribution in [0.1, 0.15) is 35.6 Å². The van der Waals surface area contributed by atoms with Crippen LogP contribution in [0.4, 0.5) is 4.79 Å². The summed E-state index contributed by atoms with van der Waals surface area (Å²) < 4.78 is 1.94. The molecule has 3 amide bonds. The van der Waals surface area contributed by atoms with Gasteiger partial charge >= 0.3 is 6.03 Å². The lowest BCUT2D eigenvalue weighted by molar-refractivity contribution is -0.129. The van der Waals surface area contributed by atoms with Crippen molar-refractivity contribution >= 4 is 29.3 Å².